The second kappa shape index (κ2) is 11.4. The molecule has 4 heteroatoms. The summed E-state index contributed by atoms with van der Waals surface area (Å²) in [5.41, 5.74) is 12.1. The largest absolute Gasteiger partial charge is 0.456 e. The van der Waals surface area contributed by atoms with E-state index in [9.17, 15) is 0 Å². The van der Waals surface area contributed by atoms with E-state index in [2.05, 4.69) is 156 Å². The van der Waals surface area contributed by atoms with Crippen LogP contribution in [0.25, 0.3) is 94.5 Å². The lowest BCUT2D eigenvalue weighted by atomic mass is 10.0. The number of nitrogens with zero attached hydrogens (tertiary/aromatic N) is 3. The maximum Gasteiger partial charge on any atom is 0.160 e. The van der Waals surface area contributed by atoms with Gasteiger partial charge in [-0.15, -0.1) is 0 Å². The highest BCUT2D eigenvalue weighted by atomic mass is 16.3. The van der Waals surface area contributed by atoms with Crippen LogP contribution in [0.3, 0.4) is 0 Å². The van der Waals surface area contributed by atoms with Crippen LogP contribution in [0.15, 0.2) is 180 Å². The maximum atomic E-state index is 6.29. The van der Waals surface area contributed by atoms with Crippen molar-refractivity contribution in [2.75, 3.05) is 0 Å². The van der Waals surface area contributed by atoms with E-state index in [-0.39, 0.29) is 0 Å². The van der Waals surface area contributed by atoms with Crippen LogP contribution in [0.5, 0.6) is 0 Å². The highest BCUT2D eigenvalue weighted by Crippen LogP contribution is 2.37. The van der Waals surface area contributed by atoms with Crippen LogP contribution in [0.1, 0.15) is 0 Å². The summed E-state index contributed by atoms with van der Waals surface area (Å²) < 4.78 is 8.62. The van der Waals surface area contributed by atoms with E-state index < -0.39 is 0 Å². The Morgan fingerprint density at radius 1 is 0.360 bits per heavy atom. The van der Waals surface area contributed by atoms with Crippen LogP contribution in [-0.2, 0) is 0 Å². The molecular weight excluding hydrogens is 611 g/mol. The minimum Gasteiger partial charge on any atom is -0.456 e. The van der Waals surface area contributed by atoms with Crippen molar-refractivity contribution in [2.24, 2.45) is 0 Å². The third kappa shape index (κ3) is 4.69. The molecule has 0 spiro atoms. The summed E-state index contributed by atoms with van der Waals surface area (Å²) >= 11 is 0. The molecule has 0 unspecified atom stereocenters. The first-order valence-corrected chi connectivity index (χ1v) is 16.8. The van der Waals surface area contributed by atoms with Gasteiger partial charge in [0.1, 0.15) is 11.2 Å². The van der Waals surface area contributed by atoms with Gasteiger partial charge in [0.25, 0.3) is 0 Å². The molecule has 4 nitrogen and oxygen atoms in total. The van der Waals surface area contributed by atoms with Gasteiger partial charge in [0, 0.05) is 43.9 Å². The SMILES string of the molecule is c1ccc(-c2cccc(-c3cc(-c4ccc5c(c4)oc4ccccc45)nc(-c4ccc5c(c4)c4ccccc4n5-c4ccccc4)n3)c2)cc1. The molecule has 0 aliphatic carbocycles. The van der Waals surface area contributed by atoms with Crippen molar-refractivity contribution in [1.29, 1.82) is 0 Å². The summed E-state index contributed by atoms with van der Waals surface area (Å²) in [5, 5.41) is 4.55. The first-order valence-electron chi connectivity index (χ1n) is 16.8. The van der Waals surface area contributed by atoms with Crippen molar-refractivity contribution in [3.05, 3.63) is 176 Å². The molecule has 0 aliphatic rings. The van der Waals surface area contributed by atoms with Gasteiger partial charge in [0.2, 0.25) is 0 Å². The Morgan fingerprint density at radius 3 is 1.82 bits per heavy atom. The Hall–Kier alpha value is -6.78. The van der Waals surface area contributed by atoms with Gasteiger partial charge in [-0.2, -0.15) is 0 Å². The van der Waals surface area contributed by atoms with Gasteiger partial charge in [-0.1, -0.05) is 109 Å². The predicted octanol–water partition coefficient (Wildman–Crippen LogP) is 12.1. The smallest absolute Gasteiger partial charge is 0.160 e. The molecule has 0 amide bonds. The van der Waals surface area contributed by atoms with E-state index in [0.29, 0.717) is 5.82 Å². The molecule has 0 aliphatic heterocycles. The summed E-state index contributed by atoms with van der Waals surface area (Å²) in [5.74, 6) is 0.672. The summed E-state index contributed by atoms with van der Waals surface area (Å²) in [7, 11) is 0. The van der Waals surface area contributed by atoms with E-state index >= 15 is 0 Å². The van der Waals surface area contributed by atoms with Gasteiger partial charge in [-0.05, 0) is 77.9 Å². The molecule has 0 radical (unpaired) electrons. The molecule has 10 rings (SSSR count). The zero-order chi connectivity index (χ0) is 33.0. The van der Waals surface area contributed by atoms with Crippen LogP contribution >= 0.6 is 0 Å². The van der Waals surface area contributed by atoms with Crippen molar-refractivity contribution >= 4 is 43.7 Å². The molecule has 10 aromatic rings. The Bertz CT molecular complexity index is 2870. The van der Waals surface area contributed by atoms with Crippen molar-refractivity contribution < 1.29 is 4.42 Å². The summed E-state index contributed by atoms with van der Waals surface area (Å²) in [6.45, 7) is 0. The lowest BCUT2D eigenvalue weighted by molar-refractivity contribution is 0.669. The number of furan rings is 1. The molecule has 0 fully saturated rings. The zero-order valence-electron chi connectivity index (χ0n) is 27.0. The van der Waals surface area contributed by atoms with Crippen LogP contribution in [-0.4, -0.2) is 14.5 Å². The molecule has 234 valence electrons. The van der Waals surface area contributed by atoms with E-state index in [1.807, 2.05) is 24.3 Å². The Kier molecular flexibility index (Phi) is 6.46. The highest BCUT2D eigenvalue weighted by molar-refractivity contribution is 6.10. The van der Waals surface area contributed by atoms with Gasteiger partial charge in [-0.3, -0.25) is 0 Å². The summed E-state index contributed by atoms with van der Waals surface area (Å²) in [6.07, 6.45) is 0. The third-order valence-electron chi connectivity index (χ3n) is 9.61. The Balaban J connectivity index is 1.18. The number of fused-ring (bicyclic) bond motifs is 6. The average Bonchev–Trinajstić information content (AvgIpc) is 3.73. The van der Waals surface area contributed by atoms with Crippen LogP contribution in [0.4, 0.5) is 0 Å². The van der Waals surface area contributed by atoms with Crippen molar-refractivity contribution in [2.45, 2.75) is 0 Å². The zero-order valence-corrected chi connectivity index (χ0v) is 27.0. The number of benzene rings is 7. The molecular formula is C46H29N3O. The summed E-state index contributed by atoms with van der Waals surface area (Å²) in [6, 6.07) is 61.4. The van der Waals surface area contributed by atoms with Crippen LogP contribution in [0, 0.1) is 0 Å². The molecule has 3 heterocycles. The highest BCUT2D eigenvalue weighted by Gasteiger charge is 2.17. The molecule has 0 saturated heterocycles. The fourth-order valence-electron chi connectivity index (χ4n) is 7.21. The third-order valence-corrected chi connectivity index (χ3v) is 9.61. The lowest BCUT2D eigenvalue weighted by Crippen LogP contribution is -1.97. The minimum atomic E-state index is 0.672. The lowest BCUT2D eigenvalue weighted by Gasteiger charge is -2.11. The molecule has 3 aromatic heterocycles. The molecule has 50 heavy (non-hydrogen) atoms. The van der Waals surface area contributed by atoms with Gasteiger partial charge >= 0.3 is 0 Å². The standard InChI is InChI=1S/C46H29N3O/c1-3-12-30(13-4-1)31-14-11-15-32(26-31)40-29-41(33-22-24-38-37-19-8-10-21-44(37)50-45(38)28-33)48-46(47-40)34-23-25-43-39(27-34)36-18-7-9-20-42(36)49(43)35-16-5-2-6-17-35/h1-29H. The Labute approximate surface area is 288 Å². The Morgan fingerprint density at radius 2 is 0.980 bits per heavy atom. The number of hydrogen-bond acceptors (Lipinski definition) is 3. The quantitative estimate of drug-likeness (QED) is 0.188. The van der Waals surface area contributed by atoms with Crippen LogP contribution in [0.2, 0.25) is 0 Å². The van der Waals surface area contributed by atoms with Gasteiger partial charge in [-0.25, -0.2) is 9.97 Å². The van der Waals surface area contributed by atoms with E-state index in [1.165, 1.54) is 10.9 Å². The molecule has 0 atom stereocenters. The predicted molar refractivity (Wildman–Crippen MR) is 205 cm³/mol. The number of hydrogen-bond donors (Lipinski definition) is 0. The van der Waals surface area contributed by atoms with E-state index in [1.54, 1.807) is 0 Å². The monoisotopic (exact) mass is 639 g/mol. The normalized spacial score (nSPS) is 11.6. The van der Waals surface area contributed by atoms with Crippen molar-refractivity contribution in [3.63, 3.8) is 0 Å². The molecule has 0 saturated carbocycles. The molecule has 0 bridgehead atoms. The van der Waals surface area contributed by atoms with Crippen LogP contribution < -0.4 is 0 Å². The number of rotatable bonds is 5. The number of aromatic nitrogens is 3. The fraction of sp³-hybridized carbons (Fsp3) is 0. The first kappa shape index (κ1) is 28.3. The first-order chi connectivity index (χ1) is 24.8. The second-order valence-corrected chi connectivity index (χ2v) is 12.6. The molecule has 0 N–H and O–H groups in total. The van der Waals surface area contributed by atoms with E-state index in [0.717, 1.165) is 77.7 Å². The van der Waals surface area contributed by atoms with Gasteiger partial charge < -0.3 is 8.98 Å². The number of para-hydroxylation sites is 3. The van der Waals surface area contributed by atoms with Crippen molar-refractivity contribution in [1.82, 2.24) is 14.5 Å². The minimum absolute atomic E-state index is 0.672. The summed E-state index contributed by atoms with van der Waals surface area (Å²) in [4.78, 5) is 10.5. The average molecular weight is 640 g/mol. The maximum absolute atomic E-state index is 6.29. The fourth-order valence-corrected chi connectivity index (χ4v) is 7.21. The van der Waals surface area contributed by atoms with E-state index in [4.69, 9.17) is 14.4 Å². The van der Waals surface area contributed by atoms with Gasteiger partial charge in [0.05, 0.1) is 22.4 Å². The van der Waals surface area contributed by atoms with Gasteiger partial charge in [0.15, 0.2) is 5.82 Å². The topological polar surface area (TPSA) is 43.9 Å². The van der Waals surface area contributed by atoms with Crippen molar-refractivity contribution in [3.8, 4) is 50.7 Å². The molecule has 7 aromatic carbocycles. The second-order valence-electron chi connectivity index (χ2n) is 12.6.